The summed E-state index contributed by atoms with van der Waals surface area (Å²) in [7, 11) is 0. The summed E-state index contributed by atoms with van der Waals surface area (Å²) in [6.45, 7) is 6.73. The second kappa shape index (κ2) is 13.4. The fourth-order valence-electron chi connectivity index (χ4n) is 4.84. The van der Waals surface area contributed by atoms with E-state index in [1.165, 1.54) is 0 Å². The highest BCUT2D eigenvalue weighted by Crippen LogP contribution is 2.24. The molecule has 1 aromatic carbocycles. The third kappa shape index (κ3) is 8.27. The van der Waals surface area contributed by atoms with E-state index in [0.29, 0.717) is 12.1 Å². The molecule has 1 saturated carbocycles. The zero-order valence-corrected chi connectivity index (χ0v) is 23.6. The van der Waals surface area contributed by atoms with Gasteiger partial charge in [0.25, 0.3) is 5.91 Å². The lowest BCUT2D eigenvalue weighted by Crippen LogP contribution is -2.52. The third-order valence-corrected chi connectivity index (χ3v) is 6.87. The Morgan fingerprint density at radius 3 is 2.62 bits per heavy atom. The molecule has 10 nitrogen and oxygen atoms in total. The zero-order chi connectivity index (χ0) is 28.5. The van der Waals surface area contributed by atoms with Gasteiger partial charge < -0.3 is 20.7 Å². The van der Waals surface area contributed by atoms with Crippen molar-refractivity contribution < 1.29 is 19.1 Å². The highest BCUT2D eigenvalue weighted by molar-refractivity contribution is 5.98. The van der Waals surface area contributed by atoms with Crippen LogP contribution in [0.4, 0.5) is 5.82 Å². The van der Waals surface area contributed by atoms with E-state index in [-0.39, 0.29) is 24.3 Å². The van der Waals surface area contributed by atoms with Crippen LogP contribution in [-0.2, 0) is 20.9 Å². The van der Waals surface area contributed by atoms with Gasteiger partial charge in [-0.25, -0.2) is 9.78 Å². The second-order valence-corrected chi connectivity index (χ2v) is 11.3. The number of anilines is 1. The Balaban J connectivity index is 1.34. The number of esters is 1. The van der Waals surface area contributed by atoms with Gasteiger partial charge in [0.1, 0.15) is 17.5 Å². The van der Waals surface area contributed by atoms with Gasteiger partial charge in [0.15, 0.2) is 0 Å². The Labute approximate surface area is 235 Å². The summed E-state index contributed by atoms with van der Waals surface area (Å²) >= 11 is 0. The first-order valence-electron chi connectivity index (χ1n) is 14.1. The molecular formula is C30H40N6O4. The van der Waals surface area contributed by atoms with Crippen LogP contribution in [0, 0.1) is 5.92 Å². The summed E-state index contributed by atoms with van der Waals surface area (Å²) < 4.78 is 7.44. The summed E-state index contributed by atoms with van der Waals surface area (Å²) in [6.07, 6.45) is 9.12. The molecule has 4 rings (SSSR count). The van der Waals surface area contributed by atoms with Crippen LogP contribution in [0.1, 0.15) is 69.7 Å². The first kappa shape index (κ1) is 29.0. The largest absolute Gasteiger partial charge is 0.458 e. The van der Waals surface area contributed by atoms with Gasteiger partial charge in [0, 0.05) is 42.7 Å². The number of ether oxygens (including phenoxy) is 1. The lowest BCUT2D eigenvalue weighted by atomic mass is 9.88. The molecular weight excluding hydrogens is 508 g/mol. The normalized spacial score (nSPS) is 14.9. The predicted molar refractivity (Wildman–Crippen MR) is 154 cm³/mol. The van der Waals surface area contributed by atoms with Crippen LogP contribution in [0.5, 0.6) is 0 Å². The van der Waals surface area contributed by atoms with Crippen molar-refractivity contribution in [1.29, 1.82) is 0 Å². The predicted octanol–water partition coefficient (Wildman–Crippen LogP) is 4.07. The number of pyridine rings is 1. The van der Waals surface area contributed by atoms with Crippen molar-refractivity contribution in [3.8, 4) is 0 Å². The first-order chi connectivity index (χ1) is 19.2. The summed E-state index contributed by atoms with van der Waals surface area (Å²) in [5, 5.41) is 14.3. The molecule has 40 heavy (non-hydrogen) atoms. The highest BCUT2D eigenvalue weighted by Gasteiger charge is 2.30. The summed E-state index contributed by atoms with van der Waals surface area (Å²) in [6, 6.07) is 10.2. The number of carbonyl (C=O) groups excluding carboxylic acids is 3. The highest BCUT2D eigenvalue weighted by atomic mass is 16.6. The van der Waals surface area contributed by atoms with Crippen molar-refractivity contribution in [2.24, 2.45) is 5.92 Å². The molecule has 0 unspecified atom stereocenters. The van der Waals surface area contributed by atoms with Gasteiger partial charge in [0.2, 0.25) is 5.91 Å². The van der Waals surface area contributed by atoms with E-state index >= 15 is 0 Å². The molecule has 1 aliphatic carbocycles. The average Bonchev–Trinajstić information content (AvgIpc) is 3.35. The van der Waals surface area contributed by atoms with E-state index in [2.05, 4.69) is 26.0 Å². The molecule has 0 bridgehead atoms. The Kier molecular flexibility index (Phi) is 9.74. The zero-order valence-electron chi connectivity index (χ0n) is 23.6. The van der Waals surface area contributed by atoms with E-state index < -0.39 is 17.6 Å². The van der Waals surface area contributed by atoms with E-state index in [9.17, 15) is 14.4 Å². The minimum atomic E-state index is -0.969. The van der Waals surface area contributed by atoms with Gasteiger partial charge in [-0.05, 0) is 70.4 Å². The number of fused-ring (bicyclic) bond motifs is 1. The molecule has 2 amide bonds. The number of rotatable bonds is 11. The third-order valence-electron chi connectivity index (χ3n) is 6.87. The summed E-state index contributed by atoms with van der Waals surface area (Å²) in [4.78, 5) is 43.0. The van der Waals surface area contributed by atoms with Crippen LogP contribution in [0.3, 0.4) is 0 Å². The molecule has 3 aromatic rings. The smallest absolute Gasteiger partial charge is 0.331 e. The molecule has 2 heterocycles. The molecule has 1 atom stereocenters. The van der Waals surface area contributed by atoms with Crippen LogP contribution in [0.25, 0.3) is 10.9 Å². The second-order valence-electron chi connectivity index (χ2n) is 11.3. The van der Waals surface area contributed by atoms with E-state index in [1.807, 2.05) is 28.9 Å². The minimum absolute atomic E-state index is 0.0627. The van der Waals surface area contributed by atoms with Crippen molar-refractivity contribution >= 4 is 34.5 Å². The number of aryl methyl sites for hydroxylation is 1. The van der Waals surface area contributed by atoms with E-state index in [0.717, 1.165) is 61.8 Å². The summed E-state index contributed by atoms with van der Waals surface area (Å²) in [5.41, 5.74) is 0.667. The molecule has 2 aromatic heterocycles. The number of nitrogens with zero attached hydrogens (tertiary/aromatic N) is 3. The fraction of sp³-hybridized carbons (Fsp3) is 0.500. The van der Waals surface area contributed by atoms with Gasteiger partial charge in [-0.2, -0.15) is 5.10 Å². The Bertz CT molecular complexity index is 1290. The van der Waals surface area contributed by atoms with E-state index in [4.69, 9.17) is 4.74 Å². The molecule has 0 aliphatic heterocycles. The molecule has 1 fully saturated rings. The number of hydrogen-bond acceptors (Lipinski definition) is 7. The van der Waals surface area contributed by atoms with Crippen LogP contribution >= 0.6 is 0 Å². The monoisotopic (exact) mass is 548 g/mol. The first-order valence-corrected chi connectivity index (χ1v) is 14.1. The maximum Gasteiger partial charge on any atom is 0.331 e. The number of carbonyl (C=O) groups is 3. The van der Waals surface area contributed by atoms with Crippen molar-refractivity contribution in [3.63, 3.8) is 0 Å². The number of amides is 2. The molecule has 1 aliphatic rings. The van der Waals surface area contributed by atoms with Gasteiger partial charge >= 0.3 is 5.97 Å². The lowest BCUT2D eigenvalue weighted by molar-refractivity contribution is -0.158. The maximum absolute atomic E-state index is 13.0. The number of hydrogen-bond donors (Lipinski definition) is 3. The van der Waals surface area contributed by atoms with Gasteiger partial charge in [-0.1, -0.05) is 25.3 Å². The van der Waals surface area contributed by atoms with Crippen molar-refractivity contribution in [2.75, 3.05) is 18.4 Å². The average molecular weight is 549 g/mol. The quantitative estimate of drug-likeness (QED) is 0.243. The van der Waals surface area contributed by atoms with Crippen molar-refractivity contribution in [3.05, 3.63) is 54.4 Å². The van der Waals surface area contributed by atoms with Crippen LogP contribution in [0.15, 0.2) is 48.8 Å². The van der Waals surface area contributed by atoms with Gasteiger partial charge in [-0.3, -0.25) is 14.3 Å². The van der Waals surface area contributed by atoms with E-state index in [1.54, 1.807) is 45.3 Å². The number of aromatic nitrogens is 3. The Morgan fingerprint density at radius 2 is 1.90 bits per heavy atom. The Hall–Kier alpha value is -3.95. The lowest BCUT2D eigenvalue weighted by Gasteiger charge is -2.27. The van der Waals surface area contributed by atoms with Gasteiger partial charge in [0.05, 0.1) is 11.7 Å². The van der Waals surface area contributed by atoms with Crippen LogP contribution in [-0.4, -0.2) is 57.3 Å². The minimum Gasteiger partial charge on any atom is -0.458 e. The van der Waals surface area contributed by atoms with Crippen LogP contribution in [0.2, 0.25) is 0 Å². The SMILES string of the molecule is CC(C)(C)OC(=O)[C@H](CNC(=O)c1ccc2c(cnn2CCCNc2ccccn2)c1)NC(=O)C1CCCCC1. The molecule has 0 spiro atoms. The summed E-state index contributed by atoms with van der Waals surface area (Å²) in [5.74, 6) is -0.333. The van der Waals surface area contributed by atoms with Crippen LogP contribution < -0.4 is 16.0 Å². The molecule has 0 saturated heterocycles. The standard InChI is InChI=1S/C30H40N6O4/c1-30(2,3)40-29(39)24(35-28(38)21-10-5-4-6-11-21)20-33-27(37)22-13-14-25-23(18-22)19-34-36(25)17-9-16-32-26-12-7-8-15-31-26/h7-8,12-15,18-19,21,24H,4-6,9-11,16-17,20H2,1-3H3,(H,31,32)(H,33,37)(H,35,38)/t24-/m0/s1. The number of nitrogens with one attached hydrogen (secondary N) is 3. The molecule has 214 valence electrons. The maximum atomic E-state index is 13.0. The molecule has 0 radical (unpaired) electrons. The van der Waals surface area contributed by atoms with Crippen molar-refractivity contribution in [2.45, 2.75) is 77.5 Å². The fourth-order valence-corrected chi connectivity index (χ4v) is 4.84. The molecule has 3 N–H and O–H groups in total. The topological polar surface area (TPSA) is 127 Å². The van der Waals surface area contributed by atoms with Gasteiger partial charge in [-0.15, -0.1) is 0 Å². The Morgan fingerprint density at radius 1 is 1.10 bits per heavy atom. The molecule has 10 heteroatoms. The van der Waals surface area contributed by atoms with Crippen molar-refractivity contribution in [1.82, 2.24) is 25.4 Å². The number of benzene rings is 1.